The Bertz CT molecular complexity index is 815. The summed E-state index contributed by atoms with van der Waals surface area (Å²) >= 11 is 0. The number of nitrogens with zero attached hydrogens (tertiary/aromatic N) is 3. The molecule has 0 aliphatic heterocycles. The lowest BCUT2D eigenvalue weighted by Gasteiger charge is -2.15. The minimum Gasteiger partial charge on any atom is -0.369 e. The van der Waals surface area contributed by atoms with Crippen LogP contribution in [0.1, 0.15) is 23.1 Å². The first-order valence-corrected chi connectivity index (χ1v) is 6.69. The molecule has 0 aliphatic carbocycles. The maximum atomic E-state index is 9.00. The second-order valence-electron chi connectivity index (χ2n) is 4.87. The lowest BCUT2D eigenvalue weighted by molar-refractivity contribution is 0.127. The van der Waals surface area contributed by atoms with Crippen molar-refractivity contribution in [3.63, 3.8) is 0 Å². The molecule has 1 atom stereocenters. The van der Waals surface area contributed by atoms with E-state index in [1.807, 2.05) is 48.0 Å². The molecule has 0 N–H and O–H groups in total. The number of ether oxygens (including phenoxy) is 1. The van der Waals surface area contributed by atoms with E-state index in [2.05, 4.69) is 11.1 Å². The minimum atomic E-state index is -0.228. The molecule has 2 aromatic carbocycles. The number of hydrogen-bond donors (Lipinski definition) is 0. The van der Waals surface area contributed by atoms with E-state index in [0.29, 0.717) is 5.56 Å². The highest BCUT2D eigenvalue weighted by Gasteiger charge is 2.20. The number of rotatable bonds is 3. The topological polar surface area (TPSA) is 50.8 Å². The van der Waals surface area contributed by atoms with Crippen molar-refractivity contribution in [1.29, 1.82) is 5.26 Å². The zero-order valence-corrected chi connectivity index (χ0v) is 11.9. The van der Waals surface area contributed by atoms with Crippen molar-refractivity contribution in [2.75, 3.05) is 7.11 Å². The van der Waals surface area contributed by atoms with Gasteiger partial charge in [0.05, 0.1) is 22.7 Å². The van der Waals surface area contributed by atoms with E-state index < -0.39 is 0 Å². The van der Waals surface area contributed by atoms with Crippen LogP contribution in [0.2, 0.25) is 0 Å². The second-order valence-corrected chi connectivity index (χ2v) is 4.87. The predicted molar refractivity (Wildman–Crippen MR) is 80.7 cm³/mol. The van der Waals surface area contributed by atoms with Gasteiger partial charge in [-0.3, -0.25) is 0 Å². The van der Waals surface area contributed by atoms with Gasteiger partial charge in [0, 0.05) is 14.2 Å². The maximum Gasteiger partial charge on any atom is 0.143 e. The van der Waals surface area contributed by atoms with Crippen LogP contribution in [0.3, 0.4) is 0 Å². The average molecular weight is 277 g/mol. The molecule has 0 radical (unpaired) electrons. The first-order chi connectivity index (χ1) is 10.2. The monoisotopic (exact) mass is 277 g/mol. The predicted octanol–water partition coefficient (Wildman–Crippen LogP) is 3.18. The number of aryl methyl sites for hydroxylation is 1. The van der Waals surface area contributed by atoms with Crippen molar-refractivity contribution in [2.45, 2.75) is 6.10 Å². The molecular formula is C17H15N3O. The standard InChI is InChI=1S/C17H15N3O/c1-20-15-9-8-12(11-18)10-14(15)19-17(20)16(21-2)13-6-4-3-5-7-13/h3-10,16H,1-2H3. The number of hydrogen-bond acceptors (Lipinski definition) is 3. The molecule has 0 saturated heterocycles. The van der Waals surface area contributed by atoms with Crippen molar-refractivity contribution in [3.05, 3.63) is 65.5 Å². The fourth-order valence-corrected chi connectivity index (χ4v) is 2.54. The van der Waals surface area contributed by atoms with Gasteiger partial charge in [-0.05, 0) is 23.8 Å². The van der Waals surface area contributed by atoms with E-state index in [-0.39, 0.29) is 6.10 Å². The molecule has 3 rings (SSSR count). The summed E-state index contributed by atoms with van der Waals surface area (Å²) in [5.41, 5.74) is 3.46. The first kappa shape index (κ1) is 13.3. The number of imidazole rings is 1. The molecule has 0 bridgehead atoms. The van der Waals surface area contributed by atoms with E-state index in [4.69, 9.17) is 10.00 Å². The Balaban J connectivity index is 2.15. The van der Waals surface area contributed by atoms with E-state index in [1.165, 1.54) is 0 Å². The fourth-order valence-electron chi connectivity index (χ4n) is 2.54. The van der Waals surface area contributed by atoms with Crippen LogP contribution in [-0.4, -0.2) is 16.7 Å². The normalized spacial score (nSPS) is 12.2. The number of nitriles is 1. The van der Waals surface area contributed by atoms with E-state index in [0.717, 1.165) is 22.4 Å². The molecule has 1 heterocycles. The van der Waals surface area contributed by atoms with Gasteiger partial charge < -0.3 is 9.30 Å². The van der Waals surface area contributed by atoms with Crippen molar-refractivity contribution in [2.24, 2.45) is 7.05 Å². The lowest BCUT2D eigenvalue weighted by Crippen LogP contribution is -2.09. The van der Waals surface area contributed by atoms with Gasteiger partial charge in [-0.2, -0.15) is 5.26 Å². The molecule has 0 aliphatic rings. The van der Waals surface area contributed by atoms with Gasteiger partial charge in [-0.25, -0.2) is 4.98 Å². The van der Waals surface area contributed by atoms with Crippen molar-refractivity contribution in [1.82, 2.24) is 9.55 Å². The molecule has 0 fully saturated rings. The van der Waals surface area contributed by atoms with E-state index in [9.17, 15) is 0 Å². The number of aromatic nitrogens is 2. The Kier molecular flexibility index (Phi) is 3.43. The van der Waals surface area contributed by atoms with Gasteiger partial charge >= 0.3 is 0 Å². The van der Waals surface area contributed by atoms with Gasteiger partial charge in [-0.1, -0.05) is 30.3 Å². The van der Waals surface area contributed by atoms with Crippen molar-refractivity contribution in [3.8, 4) is 6.07 Å². The molecule has 0 spiro atoms. The third kappa shape index (κ3) is 2.28. The Morgan fingerprint density at radius 2 is 1.95 bits per heavy atom. The van der Waals surface area contributed by atoms with Crippen LogP contribution in [0.15, 0.2) is 48.5 Å². The zero-order chi connectivity index (χ0) is 14.8. The molecule has 104 valence electrons. The molecule has 3 aromatic rings. The van der Waals surface area contributed by atoms with Crippen LogP contribution < -0.4 is 0 Å². The van der Waals surface area contributed by atoms with Gasteiger partial charge in [-0.15, -0.1) is 0 Å². The highest BCUT2D eigenvalue weighted by molar-refractivity contribution is 5.77. The summed E-state index contributed by atoms with van der Waals surface area (Å²) in [4.78, 5) is 4.66. The highest BCUT2D eigenvalue weighted by atomic mass is 16.5. The first-order valence-electron chi connectivity index (χ1n) is 6.69. The number of methoxy groups -OCH3 is 1. The van der Waals surface area contributed by atoms with Crippen LogP contribution in [0.4, 0.5) is 0 Å². The summed E-state index contributed by atoms with van der Waals surface area (Å²) in [6, 6.07) is 17.7. The number of benzene rings is 2. The molecule has 4 nitrogen and oxygen atoms in total. The molecule has 21 heavy (non-hydrogen) atoms. The Morgan fingerprint density at radius 3 is 2.62 bits per heavy atom. The van der Waals surface area contributed by atoms with Crippen LogP contribution in [-0.2, 0) is 11.8 Å². The summed E-state index contributed by atoms with van der Waals surface area (Å²) in [5.74, 6) is 0.828. The highest BCUT2D eigenvalue weighted by Crippen LogP contribution is 2.27. The molecule has 1 aromatic heterocycles. The minimum absolute atomic E-state index is 0.228. The van der Waals surface area contributed by atoms with Gasteiger partial charge in [0.15, 0.2) is 0 Å². The molecule has 4 heteroatoms. The summed E-state index contributed by atoms with van der Waals surface area (Å²) < 4.78 is 7.65. The van der Waals surface area contributed by atoms with Crippen molar-refractivity contribution < 1.29 is 4.74 Å². The van der Waals surface area contributed by atoms with Crippen LogP contribution in [0, 0.1) is 11.3 Å². The van der Waals surface area contributed by atoms with Crippen molar-refractivity contribution >= 4 is 11.0 Å². The SMILES string of the molecule is COC(c1ccccc1)c1nc2cc(C#N)ccc2n1C. The quantitative estimate of drug-likeness (QED) is 0.738. The zero-order valence-electron chi connectivity index (χ0n) is 11.9. The molecule has 0 amide bonds. The average Bonchev–Trinajstić information content (AvgIpc) is 2.85. The van der Waals surface area contributed by atoms with Gasteiger partial charge in [0.1, 0.15) is 11.9 Å². The third-order valence-corrected chi connectivity index (χ3v) is 3.62. The molecular weight excluding hydrogens is 262 g/mol. The molecule has 1 unspecified atom stereocenters. The van der Waals surface area contributed by atoms with Crippen LogP contribution in [0.5, 0.6) is 0 Å². The third-order valence-electron chi connectivity index (χ3n) is 3.62. The van der Waals surface area contributed by atoms with Gasteiger partial charge in [0.2, 0.25) is 0 Å². The van der Waals surface area contributed by atoms with Crippen LogP contribution >= 0.6 is 0 Å². The fraction of sp³-hybridized carbons (Fsp3) is 0.176. The smallest absolute Gasteiger partial charge is 0.143 e. The Labute approximate surface area is 123 Å². The maximum absolute atomic E-state index is 9.00. The lowest BCUT2D eigenvalue weighted by atomic mass is 10.1. The summed E-state index contributed by atoms with van der Waals surface area (Å²) in [7, 11) is 3.64. The van der Waals surface area contributed by atoms with E-state index in [1.54, 1.807) is 19.2 Å². The summed E-state index contributed by atoms with van der Waals surface area (Å²) in [6.45, 7) is 0. The summed E-state index contributed by atoms with van der Waals surface area (Å²) in [6.07, 6.45) is -0.228. The van der Waals surface area contributed by atoms with Crippen LogP contribution in [0.25, 0.3) is 11.0 Å². The Morgan fingerprint density at radius 1 is 1.19 bits per heavy atom. The van der Waals surface area contributed by atoms with E-state index >= 15 is 0 Å². The summed E-state index contributed by atoms with van der Waals surface area (Å²) in [5, 5.41) is 9.00. The second kappa shape index (κ2) is 5.39. The largest absolute Gasteiger partial charge is 0.369 e. The number of fused-ring (bicyclic) bond motifs is 1. The molecule has 0 saturated carbocycles. The van der Waals surface area contributed by atoms with Gasteiger partial charge in [0.25, 0.3) is 0 Å². The Hall–Kier alpha value is -2.64.